The number of alkyl halides is 2. The third-order valence-electron chi connectivity index (χ3n) is 3.41. The molecule has 1 aromatic carbocycles. The molecule has 2 aromatic rings. The van der Waals surface area contributed by atoms with Gasteiger partial charge in [0.25, 0.3) is 5.92 Å². The maximum absolute atomic E-state index is 14.4. The van der Waals surface area contributed by atoms with Gasteiger partial charge >= 0.3 is 5.97 Å². The first-order valence-corrected chi connectivity index (χ1v) is 8.31. The molecule has 0 aliphatic rings. The number of hydrogen-bond donors (Lipinski definition) is 0. The van der Waals surface area contributed by atoms with Crippen LogP contribution in [0.3, 0.4) is 0 Å². The molecule has 0 aliphatic carbocycles. The van der Waals surface area contributed by atoms with Gasteiger partial charge in [0.05, 0.1) is 42.3 Å². The van der Waals surface area contributed by atoms with Crippen molar-refractivity contribution < 1.29 is 27.8 Å². The van der Waals surface area contributed by atoms with Crippen LogP contribution in [0.5, 0.6) is 11.5 Å². The molecule has 0 bridgehead atoms. The van der Waals surface area contributed by atoms with Crippen LogP contribution in [0.1, 0.15) is 17.7 Å². The van der Waals surface area contributed by atoms with Crippen LogP contribution in [0.25, 0.3) is 10.1 Å². The highest BCUT2D eigenvalue weighted by molar-refractivity contribution is 7.20. The summed E-state index contributed by atoms with van der Waals surface area (Å²) in [5.41, 5.74) is 0. The van der Waals surface area contributed by atoms with Gasteiger partial charge < -0.3 is 14.2 Å². The van der Waals surface area contributed by atoms with Crippen LogP contribution in [-0.4, -0.2) is 27.3 Å². The number of rotatable bonds is 6. The van der Waals surface area contributed by atoms with Gasteiger partial charge in [0, 0.05) is 11.8 Å². The number of methoxy groups -OCH3 is 3. The highest BCUT2D eigenvalue weighted by Gasteiger charge is 2.35. The fourth-order valence-corrected chi connectivity index (χ4v) is 4.02. The van der Waals surface area contributed by atoms with E-state index in [1.807, 2.05) is 0 Å². The Balaban J connectivity index is 2.53. The summed E-state index contributed by atoms with van der Waals surface area (Å²) in [4.78, 5) is 10.9. The van der Waals surface area contributed by atoms with Crippen molar-refractivity contribution in [2.24, 2.45) is 0 Å². The topological polar surface area (TPSA) is 44.8 Å². The first-order chi connectivity index (χ1) is 11.3. The van der Waals surface area contributed by atoms with Crippen LogP contribution >= 0.6 is 34.5 Å². The van der Waals surface area contributed by atoms with E-state index in [9.17, 15) is 13.6 Å². The van der Waals surface area contributed by atoms with E-state index in [2.05, 4.69) is 4.74 Å². The lowest BCUT2D eigenvalue weighted by atomic mass is 10.1. The van der Waals surface area contributed by atoms with Crippen molar-refractivity contribution >= 4 is 50.6 Å². The summed E-state index contributed by atoms with van der Waals surface area (Å²) in [5.74, 6) is -3.55. The van der Waals surface area contributed by atoms with Gasteiger partial charge in [-0.2, -0.15) is 0 Å². The quantitative estimate of drug-likeness (QED) is 0.621. The molecule has 1 aromatic heterocycles. The highest BCUT2D eigenvalue weighted by atomic mass is 35.5. The van der Waals surface area contributed by atoms with E-state index in [0.717, 1.165) is 18.4 Å². The Bertz CT molecular complexity index is 730. The molecule has 4 nitrogen and oxygen atoms in total. The number of benzene rings is 1. The molecule has 0 saturated heterocycles. The summed E-state index contributed by atoms with van der Waals surface area (Å²) in [5, 5.41) is 0.630. The Morgan fingerprint density at radius 1 is 1.17 bits per heavy atom. The summed E-state index contributed by atoms with van der Waals surface area (Å²) in [6.07, 6.45) is -1.07. The lowest BCUT2D eigenvalue weighted by molar-refractivity contribution is -0.142. The lowest BCUT2D eigenvalue weighted by Gasteiger charge is -2.13. The molecule has 0 atom stereocenters. The van der Waals surface area contributed by atoms with Crippen molar-refractivity contribution in [2.45, 2.75) is 18.8 Å². The van der Waals surface area contributed by atoms with E-state index in [-0.39, 0.29) is 26.4 Å². The molecule has 0 spiro atoms. The average Bonchev–Trinajstić information content (AvgIpc) is 3.02. The smallest absolute Gasteiger partial charge is 0.305 e. The first kappa shape index (κ1) is 19.0. The molecule has 0 amide bonds. The zero-order valence-corrected chi connectivity index (χ0v) is 15.4. The van der Waals surface area contributed by atoms with Crippen molar-refractivity contribution in [1.29, 1.82) is 0 Å². The summed E-state index contributed by atoms with van der Waals surface area (Å²) < 4.78 is 43.8. The minimum Gasteiger partial charge on any atom is -0.491 e. The zero-order valence-electron chi connectivity index (χ0n) is 13.0. The lowest BCUT2D eigenvalue weighted by Crippen LogP contribution is -2.14. The third kappa shape index (κ3) is 3.38. The predicted molar refractivity (Wildman–Crippen MR) is 90.1 cm³/mol. The van der Waals surface area contributed by atoms with Crippen LogP contribution in [-0.2, 0) is 15.5 Å². The third-order valence-corrected chi connectivity index (χ3v) is 5.52. The SMILES string of the molecule is COC(=O)CCC(F)(F)c1cc2c(Cl)c(OC)c(OC)c(Cl)c2s1. The van der Waals surface area contributed by atoms with E-state index in [4.69, 9.17) is 32.7 Å². The maximum atomic E-state index is 14.4. The number of halogens is 4. The minimum atomic E-state index is -3.22. The molecule has 24 heavy (non-hydrogen) atoms. The van der Waals surface area contributed by atoms with Gasteiger partial charge in [0.1, 0.15) is 5.02 Å². The number of thiophene rings is 1. The monoisotopic (exact) mass is 398 g/mol. The first-order valence-electron chi connectivity index (χ1n) is 6.74. The van der Waals surface area contributed by atoms with Crippen LogP contribution in [0.2, 0.25) is 10.0 Å². The zero-order chi connectivity index (χ0) is 18.1. The molecule has 2 rings (SSSR count). The Kier molecular flexibility index (Phi) is 5.78. The Hall–Kier alpha value is -1.31. The molecule has 132 valence electrons. The maximum Gasteiger partial charge on any atom is 0.305 e. The number of carbonyl (C=O) groups is 1. The number of ether oxygens (including phenoxy) is 3. The molecule has 0 fully saturated rings. The fraction of sp³-hybridized carbons (Fsp3) is 0.400. The summed E-state index contributed by atoms with van der Waals surface area (Å²) in [7, 11) is 3.91. The Labute approximate surface area is 151 Å². The summed E-state index contributed by atoms with van der Waals surface area (Å²) in [6.45, 7) is 0. The van der Waals surface area contributed by atoms with E-state index >= 15 is 0 Å². The van der Waals surface area contributed by atoms with E-state index < -0.39 is 24.7 Å². The van der Waals surface area contributed by atoms with Gasteiger partial charge in [-0.25, -0.2) is 8.78 Å². The second-order valence-corrected chi connectivity index (χ2v) is 6.64. The molecule has 9 heteroatoms. The molecular weight excluding hydrogens is 385 g/mol. The second-order valence-electron chi connectivity index (χ2n) is 4.83. The highest BCUT2D eigenvalue weighted by Crippen LogP contribution is 2.52. The van der Waals surface area contributed by atoms with Crippen molar-refractivity contribution in [2.75, 3.05) is 21.3 Å². The summed E-state index contributed by atoms with van der Waals surface area (Å²) in [6, 6.07) is 1.26. The van der Waals surface area contributed by atoms with Crippen molar-refractivity contribution in [3.8, 4) is 11.5 Å². The minimum absolute atomic E-state index is 0.139. The van der Waals surface area contributed by atoms with Gasteiger partial charge in [-0.15, -0.1) is 11.3 Å². The molecule has 1 heterocycles. The molecule has 0 radical (unpaired) electrons. The Morgan fingerprint density at radius 3 is 2.29 bits per heavy atom. The number of carbonyl (C=O) groups excluding carboxylic acids is 1. The van der Waals surface area contributed by atoms with Gasteiger partial charge in [-0.3, -0.25) is 4.79 Å². The van der Waals surface area contributed by atoms with Gasteiger partial charge in [-0.1, -0.05) is 23.2 Å². The van der Waals surface area contributed by atoms with Gasteiger partial charge in [-0.05, 0) is 6.07 Å². The van der Waals surface area contributed by atoms with Gasteiger partial charge in [0.15, 0.2) is 11.5 Å². The molecule has 0 aliphatic heterocycles. The van der Waals surface area contributed by atoms with E-state index in [1.54, 1.807) is 0 Å². The van der Waals surface area contributed by atoms with Crippen LogP contribution in [0.4, 0.5) is 8.78 Å². The fourth-order valence-electron chi connectivity index (χ4n) is 2.17. The average molecular weight is 399 g/mol. The normalized spacial score (nSPS) is 11.6. The van der Waals surface area contributed by atoms with E-state index in [1.165, 1.54) is 20.3 Å². The predicted octanol–water partition coefficient (Wildman–Crippen LogP) is 5.27. The van der Waals surface area contributed by atoms with Crippen LogP contribution in [0, 0.1) is 0 Å². The molecule has 0 unspecified atom stereocenters. The largest absolute Gasteiger partial charge is 0.491 e. The van der Waals surface area contributed by atoms with Crippen LogP contribution < -0.4 is 9.47 Å². The van der Waals surface area contributed by atoms with Gasteiger partial charge in [0.2, 0.25) is 0 Å². The second kappa shape index (κ2) is 7.29. The number of hydrogen-bond acceptors (Lipinski definition) is 5. The number of fused-ring (bicyclic) bond motifs is 1. The van der Waals surface area contributed by atoms with Crippen LogP contribution in [0.15, 0.2) is 6.07 Å². The molecule has 0 N–H and O–H groups in total. The van der Waals surface area contributed by atoms with Crippen molar-refractivity contribution in [3.05, 3.63) is 21.0 Å². The summed E-state index contributed by atoms with van der Waals surface area (Å²) >= 11 is 13.3. The van der Waals surface area contributed by atoms with Crippen molar-refractivity contribution in [3.63, 3.8) is 0 Å². The standard InChI is InChI=1S/C15H14Cl2F2O4S/c1-21-9(20)4-5-15(18,19)8-6-7-10(16)12(22-2)13(23-3)11(17)14(7)24-8/h6H,4-5H2,1-3H3. The van der Waals surface area contributed by atoms with Crippen molar-refractivity contribution in [1.82, 2.24) is 0 Å². The Morgan fingerprint density at radius 2 is 1.75 bits per heavy atom. The molecular formula is C15H14Cl2F2O4S. The molecule has 0 saturated carbocycles. The number of esters is 1. The van der Waals surface area contributed by atoms with E-state index in [0.29, 0.717) is 10.1 Å².